The Kier molecular flexibility index (Phi) is 10.9. The van der Waals surface area contributed by atoms with E-state index < -0.39 is 15.7 Å². The topological polar surface area (TPSA) is 27.7 Å². The second-order valence-electron chi connectivity index (χ2n) is 4.19. The van der Waals surface area contributed by atoms with Crippen LogP contribution in [-0.2, 0) is 13.9 Å². The highest BCUT2D eigenvalue weighted by atomic mass is 28.2. The number of hydrogen-bond donors (Lipinski definition) is 0. The fourth-order valence-electron chi connectivity index (χ4n) is 1.26. The fraction of sp³-hybridized carbons (Fsp3) is 0.846. The quantitative estimate of drug-likeness (QED) is 0.234. The maximum absolute atomic E-state index is 5.79. The SMILES string of the molecule is C=CC[SiH2]OC(C)(OCCCC)OCCCC. The van der Waals surface area contributed by atoms with Crippen molar-refractivity contribution in [1.82, 2.24) is 0 Å². The molecule has 0 aromatic rings. The second-order valence-corrected chi connectivity index (χ2v) is 5.47. The molecule has 0 spiro atoms. The summed E-state index contributed by atoms with van der Waals surface area (Å²) in [7, 11) is -0.629. The third-order valence-electron chi connectivity index (χ3n) is 2.41. The number of allylic oxidation sites excluding steroid dienone is 1. The Bertz CT molecular complexity index is 176. The fourth-order valence-corrected chi connectivity index (χ4v) is 2.08. The first-order chi connectivity index (χ1) is 8.18. The molecule has 4 heteroatoms. The van der Waals surface area contributed by atoms with Crippen LogP contribution in [-0.4, -0.2) is 29.0 Å². The van der Waals surface area contributed by atoms with Crippen LogP contribution in [0.4, 0.5) is 0 Å². The van der Waals surface area contributed by atoms with Crippen molar-refractivity contribution in [1.29, 1.82) is 0 Å². The molecule has 102 valence electrons. The van der Waals surface area contributed by atoms with Crippen LogP contribution in [0.5, 0.6) is 0 Å². The van der Waals surface area contributed by atoms with Crippen LogP contribution in [0.2, 0.25) is 6.04 Å². The van der Waals surface area contributed by atoms with E-state index in [-0.39, 0.29) is 0 Å². The standard InChI is InChI=1S/C13H28O3Si/c1-5-8-10-14-13(4,15-11-9-6-2)16-17-12-7-3/h7H,3,5-6,8-12,17H2,1-2,4H3. The summed E-state index contributed by atoms with van der Waals surface area (Å²) in [5, 5.41) is 0. The molecule has 0 saturated heterocycles. The second kappa shape index (κ2) is 11.0. The van der Waals surface area contributed by atoms with E-state index in [2.05, 4.69) is 20.4 Å². The van der Waals surface area contributed by atoms with Crippen molar-refractivity contribution in [3.63, 3.8) is 0 Å². The van der Waals surface area contributed by atoms with Crippen LogP contribution in [0.1, 0.15) is 46.5 Å². The molecule has 0 atom stereocenters. The largest absolute Gasteiger partial charge is 0.376 e. The molecular formula is C13H28O3Si. The summed E-state index contributed by atoms with van der Waals surface area (Å²) < 4.78 is 17.2. The highest BCUT2D eigenvalue weighted by molar-refractivity contribution is 6.27. The molecule has 0 aromatic carbocycles. The monoisotopic (exact) mass is 260 g/mol. The van der Waals surface area contributed by atoms with Gasteiger partial charge in [-0.15, -0.1) is 6.58 Å². The van der Waals surface area contributed by atoms with E-state index in [1.54, 1.807) is 0 Å². The van der Waals surface area contributed by atoms with Crippen molar-refractivity contribution < 1.29 is 13.9 Å². The van der Waals surface area contributed by atoms with Gasteiger partial charge in [-0.05, 0) is 18.9 Å². The van der Waals surface area contributed by atoms with Gasteiger partial charge in [0, 0.05) is 6.92 Å². The summed E-state index contributed by atoms with van der Waals surface area (Å²) >= 11 is 0. The highest BCUT2D eigenvalue weighted by Crippen LogP contribution is 2.16. The van der Waals surface area contributed by atoms with Crippen molar-refractivity contribution in [3.8, 4) is 0 Å². The average Bonchev–Trinajstić information content (AvgIpc) is 2.30. The van der Waals surface area contributed by atoms with Gasteiger partial charge in [0.2, 0.25) is 0 Å². The zero-order valence-corrected chi connectivity index (χ0v) is 13.1. The zero-order valence-electron chi connectivity index (χ0n) is 11.7. The maximum atomic E-state index is 5.79. The van der Waals surface area contributed by atoms with Gasteiger partial charge in [-0.3, -0.25) is 0 Å². The predicted octanol–water partition coefficient (Wildman–Crippen LogP) is 3.00. The molecule has 17 heavy (non-hydrogen) atoms. The van der Waals surface area contributed by atoms with Gasteiger partial charge in [-0.1, -0.05) is 32.8 Å². The molecule has 0 amide bonds. The van der Waals surface area contributed by atoms with Crippen LogP contribution < -0.4 is 0 Å². The Morgan fingerprint density at radius 1 is 1.12 bits per heavy atom. The van der Waals surface area contributed by atoms with Crippen LogP contribution in [0, 0.1) is 0 Å². The van der Waals surface area contributed by atoms with Crippen LogP contribution >= 0.6 is 0 Å². The molecule has 0 N–H and O–H groups in total. The van der Waals surface area contributed by atoms with Crippen LogP contribution in [0.3, 0.4) is 0 Å². The number of unbranched alkanes of at least 4 members (excludes halogenated alkanes) is 2. The van der Waals surface area contributed by atoms with E-state index >= 15 is 0 Å². The molecule has 0 saturated carbocycles. The molecule has 0 aliphatic carbocycles. The van der Waals surface area contributed by atoms with Gasteiger partial charge in [0.1, 0.15) is 0 Å². The highest BCUT2D eigenvalue weighted by Gasteiger charge is 2.25. The maximum Gasteiger partial charge on any atom is 0.269 e. The summed E-state index contributed by atoms with van der Waals surface area (Å²) in [5.41, 5.74) is 0. The summed E-state index contributed by atoms with van der Waals surface area (Å²) in [5.74, 6) is -0.834. The van der Waals surface area contributed by atoms with E-state index in [9.17, 15) is 0 Å². The molecule has 0 aliphatic heterocycles. The average molecular weight is 260 g/mol. The van der Waals surface area contributed by atoms with Gasteiger partial charge < -0.3 is 13.9 Å². The Balaban J connectivity index is 3.98. The molecule has 0 aromatic heterocycles. The lowest BCUT2D eigenvalue weighted by Crippen LogP contribution is -2.37. The van der Waals surface area contributed by atoms with Gasteiger partial charge >= 0.3 is 0 Å². The number of ether oxygens (including phenoxy) is 2. The predicted molar refractivity (Wildman–Crippen MR) is 74.8 cm³/mol. The lowest BCUT2D eigenvalue weighted by Gasteiger charge is -2.30. The van der Waals surface area contributed by atoms with Gasteiger partial charge in [-0.25, -0.2) is 0 Å². The van der Waals surface area contributed by atoms with E-state index in [0.717, 1.165) is 31.7 Å². The van der Waals surface area contributed by atoms with Gasteiger partial charge in [0.15, 0.2) is 9.76 Å². The minimum atomic E-state index is -0.834. The van der Waals surface area contributed by atoms with E-state index in [0.29, 0.717) is 13.2 Å². The minimum absolute atomic E-state index is 0.629. The van der Waals surface area contributed by atoms with Gasteiger partial charge in [-0.2, -0.15) is 0 Å². The summed E-state index contributed by atoms with van der Waals surface area (Å²) in [6.07, 6.45) is 6.22. The first-order valence-electron chi connectivity index (χ1n) is 6.71. The number of hydrogen-bond acceptors (Lipinski definition) is 3. The van der Waals surface area contributed by atoms with Crippen molar-refractivity contribution >= 4 is 9.76 Å². The summed E-state index contributed by atoms with van der Waals surface area (Å²) in [4.78, 5) is 0. The van der Waals surface area contributed by atoms with Crippen molar-refractivity contribution in [2.75, 3.05) is 13.2 Å². The Morgan fingerprint density at radius 3 is 2.06 bits per heavy atom. The molecule has 0 radical (unpaired) electrons. The van der Waals surface area contributed by atoms with Gasteiger partial charge in [0.25, 0.3) is 5.97 Å². The Labute approximate surface area is 108 Å². The first kappa shape index (κ1) is 16.8. The molecule has 0 heterocycles. The number of rotatable bonds is 12. The Morgan fingerprint density at radius 2 is 1.65 bits per heavy atom. The third-order valence-corrected chi connectivity index (χ3v) is 3.78. The molecule has 0 bridgehead atoms. The smallest absolute Gasteiger partial charge is 0.269 e. The Hall–Kier alpha value is -0.163. The van der Waals surface area contributed by atoms with E-state index in [1.165, 1.54) is 0 Å². The first-order valence-corrected chi connectivity index (χ1v) is 8.29. The minimum Gasteiger partial charge on any atom is -0.376 e. The molecule has 0 rings (SSSR count). The van der Waals surface area contributed by atoms with Crippen molar-refractivity contribution in [2.24, 2.45) is 0 Å². The molecule has 0 aliphatic rings. The normalized spacial score (nSPS) is 12.4. The lowest BCUT2D eigenvalue weighted by atomic mass is 10.3. The van der Waals surface area contributed by atoms with Crippen LogP contribution in [0.15, 0.2) is 12.7 Å². The molecule has 0 fully saturated rings. The molecular weight excluding hydrogens is 232 g/mol. The molecule has 3 nitrogen and oxygen atoms in total. The van der Waals surface area contributed by atoms with E-state index in [4.69, 9.17) is 13.9 Å². The third kappa shape index (κ3) is 9.53. The van der Waals surface area contributed by atoms with Crippen LogP contribution in [0.25, 0.3) is 0 Å². The van der Waals surface area contributed by atoms with E-state index in [1.807, 2.05) is 13.0 Å². The van der Waals surface area contributed by atoms with Crippen molar-refractivity contribution in [2.45, 2.75) is 58.5 Å². The summed E-state index contributed by atoms with van der Waals surface area (Å²) in [6.45, 7) is 11.3. The van der Waals surface area contributed by atoms with Crippen molar-refractivity contribution in [3.05, 3.63) is 12.7 Å². The zero-order chi connectivity index (χ0) is 13.0. The summed E-state index contributed by atoms with van der Waals surface area (Å²) in [6, 6.07) is 0.948. The van der Waals surface area contributed by atoms with Gasteiger partial charge in [0.05, 0.1) is 13.2 Å². The lowest BCUT2D eigenvalue weighted by molar-refractivity contribution is -0.334. The molecule has 0 unspecified atom stereocenters.